The van der Waals surface area contributed by atoms with Crippen LogP contribution < -0.4 is 0 Å². The second-order valence-corrected chi connectivity index (χ2v) is 3.61. The first-order valence-electron chi connectivity index (χ1n) is 5.17. The van der Waals surface area contributed by atoms with Crippen molar-refractivity contribution in [2.24, 2.45) is 0 Å². The third-order valence-electron chi connectivity index (χ3n) is 2.56. The molecule has 0 radical (unpaired) electrons. The zero-order valence-corrected chi connectivity index (χ0v) is 9.44. The largest absolute Gasteiger partial charge is 0.469 e. The molecule has 1 fully saturated rings. The molecule has 1 aliphatic heterocycles. The van der Waals surface area contributed by atoms with Gasteiger partial charge in [0.2, 0.25) is 5.91 Å². The first-order valence-corrected chi connectivity index (χ1v) is 5.17. The number of ether oxygens (including phenoxy) is 1. The minimum atomic E-state index is -0.490. The average Bonchev–Trinajstić information content (AvgIpc) is 2.30. The van der Waals surface area contributed by atoms with Crippen LogP contribution in [0.15, 0.2) is 0 Å². The summed E-state index contributed by atoms with van der Waals surface area (Å²) in [6.07, 6.45) is 5.03. The van der Waals surface area contributed by atoms with Gasteiger partial charge in [0.25, 0.3) is 0 Å². The second-order valence-electron chi connectivity index (χ2n) is 3.61. The van der Waals surface area contributed by atoms with E-state index in [0.29, 0.717) is 19.6 Å². The van der Waals surface area contributed by atoms with Crippen molar-refractivity contribution in [2.75, 3.05) is 39.8 Å². The summed E-state index contributed by atoms with van der Waals surface area (Å²) in [5.74, 6) is 1.91. The van der Waals surface area contributed by atoms with E-state index in [9.17, 15) is 9.59 Å². The van der Waals surface area contributed by atoms with Crippen LogP contribution in [0.3, 0.4) is 0 Å². The quantitative estimate of drug-likeness (QED) is 0.362. The number of amides is 1. The number of carbonyl (C=O) groups is 2. The van der Waals surface area contributed by atoms with Gasteiger partial charge in [0, 0.05) is 26.2 Å². The third-order valence-corrected chi connectivity index (χ3v) is 2.56. The average molecular weight is 224 g/mol. The highest BCUT2D eigenvalue weighted by molar-refractivity contribution is 5.94. The first-order chi connectivity index (χ1) is 7.67. The summed E-state index contributed by atoms with van der Waals surface area (Å²) in [5, 5.41) is 0. The molecule has 5 nitrogen and oxygen atoms in total. The van der Waals surface area contributed by atoms with Crippen molar-refractivity contribution in [1.29, 1.82) is 0 Å². The number of piperazine rings is 1. The van der Waals surface area contributed by atoms with Crippen LogP contribution in [0.5, 0.6) is 0 Å². The van der Waals surface area contributed by atoms with E-state index in [4.69, 9.17) is 6.42 Å². The summed E-state index contributed by atoms with van der Waals surface area (Å²) in [5.41, 5.74) is 0. The van der Waals surface area contributed by atoms with E-state index >= 15 is 0 Å². The first kappa shape index (κ1) is 12.5. The Balaban J connectivity index is 2.33. The van der Waals surface area contributed by atoms with Crippen LogP contribution >= 0.6 is 0 Å². The van der Waals surface area contributed by atoms with Crippen LogP contribution in [-0.4, -0.2) is 61.5 Å². The van der Waals surface area contributed by atoms with Gasteiger partial charge >= 0.3 is 5.97 Å². The summed E-state index contributed by atoms with van der Waals surface area (Å²) < 4.78 is 4.45. The molecule has 88 valence electrons. The summed E-state index contributed by atoms with van der Waals surface area (Å²) >= 11 is 0. The Kier molecular flexibility index (Phi) is 4.80. The highest BCUT2D eigenvalue weighted by Crippen LogP contribution is 2.03. The Hall–Kier alpha value is -1.54. The predicted molar refractivity (Wildman–Crippen MR) is 58.5 cm³/mol. The number of hydrogen-bond acceptors (Lipinski definition) is 4. The van der Waals surface area contributed by atoms with E-state index < -0.39 is 5.97 Å². The molecule has 0 N–H and O–H groups in total. The molecule has 0 aliphatic carbocycles. The smallest absolute Gasteiger partial charge is 0.315 e. The number of terminal acetylenes is 1. The van der Waals surface area contributed by atoms with Crippen molar-refractivity contribution in [3.8, 4) is 12.3 Å². The van der Waals surface area contributed by atoms with Crippen LogP contribution in [-0.2, 0) is 14.3 Å². The van der Waals surface area contributed by atoms with E-state index in [1.165, 1.54) is 7.11 Å². The van der Waals surface area contributed by atoms with Gasteiger partial charge in [0.15, 0.2) is 0 Å². The van der Waals surface area contributed by atoms with Crippen LogP contribution in [0.4, 0.5) is 0 Å². The standard InChI is InChI=1S/C11H16N2O3/c1-3-4-12-5-7-13(8-6-12)10(14)9-11(15)16-2/h1H,4-9H2,2H3. The summed E-state index contributed by atoms with van der Waals surface area (Å²) in [7, 11) is 1.28. The Morgan fingerprint density at radius 2 is 1.94 bits per heavy atom. The lowest BCUT2D eigenvalue weighted by molar-refractivity contribution is -0.147. The SMILES string of the molecule is C#CCN1CCN(C(=O)CC(=O)OC)CC1. The highest BCUT2D eigenvalue weighted by atomic mass is 16.5. The van der Waals surface area contributed by atoms with E-state index in [1.807, 2.05) is 0 Å². The third kappa shape index (κ3) is 3.55. The Labute approximate surface area is 95.3 Å². The zero-order chi connectivity index (χ0) is 12.0. The fraction of sp³-hybridized carbons (Fsp3) is 0.636. The van der Waals surface area contributed by atoms with Gasteiger partial charge in [0.1, 0.15) is 6.42 Å². The minimum Gasteiger partial charge on any atom is -0.469 e. The predicted octanol–water partition coefficient (Wildman–Crippen LogP) is -0.673. The number of nitrogens with zero attached hydrogens (tertiary/aromatic N) is 2. The van der Waals surface area contributed by atoms with Crippen molar-refractivity contribution in [2.45, 2.75) is 6.42 Å². The summed E-state index contributed by atoms with van der Waals surface area (Å²) in [6.45, 7) is 3.38. The van der Waals surface area contributed by atoms with Gasteiger partial charge in [-0.3, -0.25) is 14.5 Å². The molecular weight excluding hydrogens is 208 g/mol. The van der Waals surface area contributed by atoms with Crippen molar-refractivity contribution >= 4 is 11.9 Å². The van der Waals surface area contributed by atoms with Gasteiger partial charge in [-0.15, -0.1) is 6.42 Å². The van der Waals surface area contributed by atoms with Gasteiger partial charge in [-0.1, -0.05) is 5.92 Å². The monoisotopic (exact) mass is 224 g/mol. The molecular formula is C11H16N2O3. The van der Waals surface area contributed by atoms with Crippen molar-refractivity contribution < 1.29 is 14.3 Å². The van der Waals surface area contributed by atoms with E-state index in [0.717, 1.165) is 13.1 Å². The van der Waals surface area contributed by atoms with E-state index in [-0.39, 0.29) is 12.3 Å². The molecule has 0 aromatic rings. The molecule has 1 amide bonds. The lowest BCUT2D eigenvalue weighted by Gasteiger charge is -2.33. The normalized spacial score (nSPS) is 16.6. The Bertz CT molecular complexity index is 301. The van der Waals surface area contributed by atoms with E-state index in [1.54, 1.807) is 4.90 Å². The molecule has 0 aromatic carbocycles. The molecule has 5 heteroatoms. The molecule has 1 saturated heterocycles. The molecule has 0 bridgehead atoms. The molecule has 1 rings (SSSR count). The zero-order valence-electron chi connectivity index (χ0n) is 9.44. The Morgan fingerprint density at radius 3 is 2.44 bits per heavy atom. The maximum absolute atomic E-state index is 11.6. The van der Waals surface area contributed by atoms with Crippen LogP contribution in [0.25, 0.3) is 0 Å². The number of carbonyl (C=O) groups excluding carboxylic acids is 2. The Morgan fingerprint density at radius 1 is 1.31 bits per heavy atom. The molecule has 0 aromatic heterocycles. The van der Waals surface area contributed by atoms with E-state index in [2.05, 4.69) is 15.6 Å². The second kappa shape index (κ2) is 6.13. The van der Waals surface area contributed by atoms with Crippen LogP contribution in [0.2, 0.25) is 0 Å². The van der Waals surface area contributed by atoms with Gasteiger partial charge in [-0.2, -0.15) is 0 Å². The van der Waals surface area contributed by atoms with Gasteiger partial charge in [-0.25, -0.2) is 0 Å². The maximum atomic E-state index is 11.6. The maximum Gasteiger partial charge on any atom is 0.315 e. The minimum absolute atomic E-state index is 0.174. The lowest BCUT2D eigenvalue weighted by atomic mass is 10.3. The highest BCUT2D eigenvalue weighted by Gasteiger charge is 2.22. The summed E-state index contributed by atoms with van der Waals surface area (Å²) in [6, 6.07) is 0. The molecule has 1 aliphatic rings. The van der Waals surface area contributed by atoms with Gasteiger partial charge in [-0.05, 0) is 0 Å². The lowest BCUT2D eigenvalue weighted by Crippen LogP contribution is -2.49. The number of methoxy groups -OCH3 is 1. The topological polar surface area (TPSA) is 49.9 Å². The molecule has 0 saturated carbocycles. The van der Waals surface area contributed by atoms with Crippen molar-refractivity contribution in [1.82, 2.24) is 9.80 Å². The molecule has 1 heterocycles. The van der Waals surface area contributed by atoms with Crippen molar-refractivity contribution in [3.63, 3.8) is 0 Å². The van der Waals surface area contributed by atoms with Gasteiger partial charge in [0.05, 0.1) is 13.7 Å². The van der Waals surface area contributed by atoms with Crippen LogP contribution in [0, 0.1) is 12.3 Å². The van der Waals surface area contributed by atoms with Gasteiger partial charge < -0.3 is 9.64 Å². The van der Waals surface area contributed by atoms with Crippen molar-refractivity contribution in [3.05, 3.63) is 0 Å². The molecule has 0 unspecified atom stereocenters. The number of rotatable bonds is 3. The fourth-order valence-electron chi connectivity index (χ4n) is 1.59. The number of esters is 1. The molecule has 0 atom stereocenters. The van der Waals surface area contributed by atoms with Crippen LogP contribution in [0.1, 0.15) is 6.42 Å². The molecule has 0 spiro atoms. The fourth-order valence-corrected chi connectivity index (χ4v) is 1.59. The number of hydrogen-bond donors (Lipinski definition) is 0. The molecule has 16 heavy (non-hydrogen) atoms. The summed E-state index contributed by atoms with van der Waals surface area (Å²) in [4.78, 5) is 26.3.